The lowest BCUT2D eigenvalue weighted by Crippen LogP contribution is -2.22. The molecule has 0 spiro atoms. The minimum Gasteiger partial charge on any atom is -0.399 e. The predicted molar refractivity (Wildman–Crippen MR) is 169 cm³/mol. The minimum absolute atomic E-state index is 0.840. The molecule has 3 aromatic rings. The van der Waals surface area contributed by atoms with E-state index in [9.17, 15) is 0 Å². The summed E-state index contributed by atoms with van der Waals surface area (Å²) in [6.45, 7) is 20.2. The van der Waals surface area contributed by atoms with Crippen LogP contribution in [-0.4, -0.2) is 11.4 Å². The van der Waals surface area contributed by atoms with Crippen LogP contribution in [0.15, 0.2) is 103 Å². The van der Waals surface area contributed by atoms with Crippen molar-refractivity contribution in [1.29, 1.82) is 0 Å². The molecule has 0 aromatic heterocycles. The van der Waals surface area contributed by atoms with Gasteiger partial charge in [0, 0.05) is 23.6 Å². The van der Waals surface area contributed by atoms with Gasteiger partial charge < -0.3 is 10.6 Å². The third kappa shape index (κ3) is 14.2. The first-order valence-electron chi connectivity index (χ1n) is 14.1. The van der Waals surface area contributed by atoms with E-state index in [1.165, 1.54) is 35.2 Å². The van der Waals surface area contributed by atoms with Crippen molar-refractivity contribution >= 4 is 11.4 Å². The van der Waals surface area contributed by atoms with E-state index in [1.54, 1.807) is 0 Å². The molecule has 0 bridgehead atoms. The molecule has 0 heterocycles. The van der Waals surface area contributed by atoms with Gasteiger partial charge in [-0.2, -0.15) is 0 Å². The van der Waals surface area contributed by atoms with Crippen molar-refractivity contribution < 1.29 is 0 Å². The predicted octanol–water partition coefficient (Wildman–Crippen LogP) is 10.2. The number of anilines is 1. The van der Waals surface area contributed by atoms with Crippen LogP contribution in [0.2, 0.25) is 0 Å². The molecule has 0 atom stereocenters. The summed E-state index contributed by atoms with van der Waals surface area (Å²) in [6, 6.07) is 28.9. The van der Waals surface area contributed by atoms with Crippen LogP contribution >= 0.6 is 0 Å². The van der Waals surface area contributed by atoms with Gasteiger partial charge in [-0.25, -0.2) is 0 Å². The molecule has 3 aromatic carbocycles. The van der Waals surface area contributed by atoms with E-state index >= 15 is 0 Å². The van der Waals surface area contributed by atoms with Crippen LogP contribution in [-0.2, 0) is 12.8 Å². The van der Waals surface area contributed by atoms with Gasteiger partial charge in [0.2, 0.25) is 0 Å². The number of nitrogens with two attached hydrogens (primary N) is 1. The minimum atomic E-state index is 0.840. The molecule has 0 unspecified atom stereocenters. The number of aryl methyl sites for hydroxylation is 2. The van der Waals surface area contributed by atoms with E-state index in [-0.39, 0.29) is 0 Å². The quantitative estimate of drug-likeness (QED) is 0.296. The first-order chi connectivity index (χ1) is 18.0. The second-order valence-electron chi connectivity index (χ2n) is 8.39. The van der Waals surface area contributed by atoms with Crippen LogP contribution in [0.4, 0.5) is 5.69 Å². The molecule has 0 aliphatic rings. The highest BCUT2D eigenvalue weighted by Gasteiger charge is 2.12. The molecule has 3 rings (SSSR count). The maximum Gasteiger partial charge on any atom is 0.0408 e. The molecule has 37 heavy (non-hydrogen) atoms. The summed E-state index contributed by atoms with van der Waals surface area (Å²) in [5.41, 5.74) is 12.7. The normalized spacial score (nSPS) is 9.97. The average Bonchev–Trinajstić information content (AvgIpc) is 2.98. The summed E-state index contributed by atoms with van der Waals surface area (Å²) >= 11 is 0. The Morgan fingerprint density at radius 1 is 0.757 bits per heavy atom. The molecule has 0 radical (unpaired) electrons. The number of unbranched alkanes of at least 4 members (excludes halogenated alkanes) is 1. The van der Waals surface area contributed by atoms with Gasteiger partial charge in [-0.3, -0.25) is 0 Å². The molecule has 0 aliphatic carbocycles. The maximum atomic E-state index is 5.48. The van der Waals surface area contributed by atoms with Crippen LogP contribution in [0.25, 0.3) is 5.70 Å². The first-order valence-corrected chi connectivity index (χ1v) is 14.1. The number of allylic oxidation sites excluding steroid dienone is 2. The van der Waals surface area contributed by atoms with E-state index in [1.807, 2.05) is 38.1 Å². The Labute approximate surface area is 228 Å². The zero-order valence-corrected chi connectivity index (χ0v) is 24.6. The third-order valence-electron chi connectivity index (χ3n) is 5.85. The molecule has 0 amide bonds. The zero-order valence-electron chi connectivity index (χ0n) is 24.6. The van der Waals surface area contributed by atoms with Crippen molar-refractivity contribution in [2.24, 2.45) is 0 Å². The SMILES string of the molecule is C=C(c1ccccc1)N(CCCC)/C(=C\C)CC.CC.CCc1ccc(N)cc1.CCc1ccccc1. The smallest absolute Gasteiger partial charge is 0.0408 e. The summed E-state index contributed by atoms with van der Waals surface area (Å²) in [6.07, 6.45) is 7.87. The second-order valence-corrected chi connectivity index (χ2v) is 8.39. The molecule has 0 aliphatic heterocycles. The maximum absolute atomic E-state index is 5.48. The number of nitrogens with zero attached hydrogens (tertiary/aromatic N) is 1. The number of benzene rings is 3. The van der Waals surface area contributed by atoms with Crippen molar-refractivity contribution in [3.05, 3.63) is 120 Å². The highest BCUT2D eigenvalue weighted by Crippen LogP contribution is 2.24. The highest BCUT2D eigenvalue weighted by molar-refractivity contribution is 5.63. The summed E-state index contributed by atoms with van der Waals surface area (Å²) in [5.74, 6) is 0. The number of rotatable bonds is 9. The van der Waals surface area contributed by atoms with Gasteiger partial charge in [-0.05, 0) is 61.4 Å². The number of hydrogen-bond acceptors (Lipinski definition) is 2. The van der Waals surface area contributed by atoms with E-state index in [4.69, 9.17) is 5.73 Å². The van der Waals surface area contributed by atoms with Gasteiger partial charge in [-0.1, -0.05) is 133 Å². The van der Waals surface area contributed by atoms with E-state index in [0.717, 1.165) is 37.2 Å². The Kier molecular flexibility index (Phi) is 20.0. The average molecular weight is 501 g/mol. The summed E-state index contributed by atoms with van der Waals surface area (Å²) < 4.78 is 0. The molecule has 2 nitrogen and oxygen atoms in total. The molecule has 202 valence electrons. The zero-order chi connectivity index (χ0) is 27.9. The van der Waals surface area contributed by atoms with Crippen LogP contribution < -0.4 is 5.73 Å². The third-order valence-corrected chi connectivity index (χ3v) is 5.85. The molecule has 2 heteroatoms. The fraction of sp³-hybridized carbons (Fsp3) is 0.371. The largest absolute Gasteiger partial charge is 0.399 e. The fourth-order valence-corrected chi connectivity index (χ4v) is 3.57. The number of hydrogen-bond donors (Lipinski definition) is 1. The summed E-state index contributed by atoms with van der Waals surface area (Å²) in [7, 11) is 0. The van der Waals surface area contributed by atoms with Gasteiger partial charge >= 0.3 is 0 Å². The monoisotopic (exact) mass is 500 g/mol. The molecular formula is C35H52N2. The van der Waals surface area contributed by atoms with Gasteiger partial charge in [0.25, 0.3) is 0 Å². The van der Waals surface area contributed by atoms with E-state index < -0.39 is 0 Å². The molecule has 2 N–H and O–H groups in total. The Hall–Kier alpha value is -3.26. The van der Waals surface area contributed by atoms with Crippen molar-refractivity contribution in [3.63, 3.8) is 0 Å². The Morgan fingerprint density at radius 3 is 1.65 bits per heavy atom. The molecular weight excluding hydrogens is 448 g/mol. The van der Waals surface area contributed by atoms with Crippen molar-refractivity contribution in [3.8, 4) is 0 Å². The van der Waals surface area contributed by atoms with Gasteiger partial charge in [0.15, 0.2) is 0 Å². The second kappa shape index (κ2) is 22.0. The summed E-state index contributed by atoms with van der Waals surface area (Å²) in [4.78, 5) is 2.36. The standard InChI is InChI=1S/C17H25N.C8H11N.C8H10.C2H6/c1-5-8-14-18(17(6-2)7-3)15(4)16-12-10-9-11-13-16;1-2-7-3-5-8(9)6-4-7;1-2-8-6-4-3-5-7-8;1-2/h6,9-13H,4-5,7-8,14H2,1-3H3;3-6H,2,9H2,1H3;3-7H,2H2,1H3;1-2H3/b17-6-;;;. The van der Waals surface area contributed by atoms with Gasteiger partial charge in [-0.15, -0.1) is 0 Å². The first kappa shape index (κ1) is 33.7. The Morgan fingerprint density at radius 2 is 1.24 bits per heavy atom. The lowest BCUT2D eigenvalue weighted by atomic mass is 10.1. The van der Waals surface area contributed by atoms with Crippen molar-refractivity contribution in [2.75, 3.05) is 12.3 Å². The van der Waals surface area contributed by atoms with Crippen molar-refractivity contribution in [1.82, 2.24) is 4.90 Å². The van der Waals surface area contributed by atoms with Crippen LogP contribution in [0, 0.1) is 0 Å². The van der Waals surface area contributed by atoms with Crippen LogP contribution in [0.3, 0.4) is 0 Å². The summed E-state index contributed by atoms with van der Waals surface area (Å²) in [5, 5.41) is 0. The van der Waals surface area contributed by atoms with E-state index in [2.05, 4.69) is 113 Å². The Balaban J connectivity index is 0.000000566. The van der Waals surface area contributed by atoms with Crippen LogP contribution in [0.1, 0.15) is 84.4 Å². The van der Waals surface area contributed by atoms with Gasteiger partial charge in [0.05, 0.1) is 0 Å². The van der Waals surface area contributed by atoms with Crippen LogP contribution in [0.5, 0.6) is 0 Å². The highest BCUT2D eigenvalue weighted by atomic mass is 15.1. The Bertz CT molecular complexity index is 957. The van der Waals surface area contributed by atoms with E-state index in [0.29, 0.717) is 0 Å². The lowest BCUT2D eigenvalue weighted by Gasteiger charge is -2.29. The molecule has 0 saturated heterocycles. The lowest BCUT2D eigenvalue weighted by molar-refractivity contribution is 0.456. The fourth-order valence-electron chi connectivity index (χ4n) is 3.57. The topological polar surface area (TPSA) is 29.3 Å². The number of nitrogen functional groups attached to an aromatic ring is 1. The molecule has 0 saturated carbocycles. The molecule has 0 fully saturated rings. The van der Waals surface area contributed by atoms with Crippen molar-refractivity contribution in [2.45, 2.75) is 80.6 Å². The van der Waals surface area contributed by atoms with Gasteiger partial charge in [0.1, 0.15) is 0 Å².